The molecule has 1 unspecified atom stereocenters. The van der Waals surface area contributed by atoms with Gasteiger partial charge in [0.05, 0.1) is 11.2 Å². The minimum atomic E-state index is -0.520. The molecular formula is C13H15BrFNO2. The van der Waals surface area contributed by atoms with Gasteiger partial charge in [0.2, 0.25) is 0 Å². The molecule has 1 N–H and O–H groups in total. The van der Waals surface area contributed by atoms with Crippen molar-refractivity contribution < 1.29 is 13.9 Å². The monoisotopic (exact) mass is 315 g/mol. The fraction of sp³-hybridized carbons (Fsp3) is 0.462. The van der Waals surface area contributed by atoms with Crippen LogP contribution in [0.2, 0.25) is 0 Å². The highest BCUT2D eigenvalue weighted by atomic mass is 79.9. The van der Waals surface area contributed by atoms with Gasteiger partial charge in [0, 0.05) is 17.6 Å². The Morgan fingerprint density at radius 1 is 1.61 bits per heavy atom. The molecule has 98 valence electrons. The Kier molecular flexibility index (Phi) is 4.02. The van der Waals surface area contributed by atoms with E-state index in [1.165, 1.54) is 12.1 Å². The predicted octanol–water partition coefficient (Wildman–Crippen LogP) is 2.89. The number of ether oxygens (including phenoxy) is 1. The molecule has 5 heteroatoms. The Balaban J connectivity index is 2.01. The summed E-state index contributed by atoms with van der Waals surface area (Å²) in [5, 5.41) is 2.72. The SMILES string of the molecule is CC1(CNC(=O)c2cc(Br)ccc2F)CCCO1. The Labute approximate surface area is 114 Å². The van der Waals surface area contributed by atoms with Crippen molar-refractivity contribution in [2.24, 2.45) is 0 Å². The zero-order valence-corrected chi connectivity index (χ0v) is 11.7. The number of rotatable bonds is 3. The maximum absolute atomic E-state index is 13.5. The van der Waals surface area contributed by atoms with Crippen LogP contribution in [0.4, 0.5) is 4.39 Å². The number of carbonyl (C=O) groups is 1. The van der Waals surface area contributed by atoms with Gasteiger partial charge in [0.15, 0.2) is 0 Å². The summed E-state index contributed by atoms with van der Waals surface area (Å²) in [5.41, 5.74) is -0.274. The normalized spacial score (nSPS) is 23.1. The van der Waals surface area contributed by atoms with Crippen LogP contribution in [0.1, 0.15) is 30.1 Å². The van der Waals surface area contributed by atoms with Crippen LogP contribution in [0.5, 0.6) is 0 Å². The third kappa shape index (κ3) is 3.09. The van der Waals surface area contributed by atoms with Crippen LogP contribution < -0.4 is 5.32 Å². The van der Waals surface area contributed by atoms with E-state index < -0.39 is 11.7 Å². The van der Waals surface area contributed by atoms with Crippen molar-refractivity contribution in [1.82, 2.24) is 5.32 Å². The van der Waals surface area contributed by atoms with Crippen molar-refractivity contribution >= 4 is 21.8 Å². The van der Waals surface area contributed by atoms with Gasteiger partial charge in [-0.15, -0.1) is 0 Å². The molecule has 1 fully saturated rings. The first kappa shape index (κ1) is 13.5. The van der Waals surface area contributed by atoms with Gasteiger partial charge in [-0.05, 0) is 38.0 Å². The summed E-state index contributed by atoms with van der Waals surface area (Å²) in [5.74, 6) is -0.932. The van der Waals surface area contributed by atoms with Crippen LogP contribution >= 0.6 is 15.9 Å². The summed E-state index contributed by atoms with van der Waals surface area (Å²) < 4.78 is 19.7. The van der Waals surface area contributed by atoms with Crippen LogP contribution in [0.25, 0.3) is 0 Å². The van der Waals surface area contributed by atoms with Crippen molar-refractivity contribution in [2.75, 3.05) is 13.2 Å². The molecule has 0 saturated carbocycles. The second kappa shape index (κ2) is 5.36. The Bertz CT molecular complexity index is 458. The van der Waals surface area contributed by atoms with Gasteiger partial charge >= 0.3 is 0 Å². The molecule has 3 nitrogen and oxygen atoms in total. The van der Waals surface area contributed by atoms with Crippen molar-refractivity contribution in [3.8, 4) is 0 Å². The maximum atomic E-state index is 13.5. The largest absolute Gasteiger partial charge is 0.373 e. The number of benzene rings is 1. The molecule has 18 heavy (non-hydrogen) atoms. The first-order valence-corrected chi connectivity index (χ1v) is 6.67. The maximum Gasteiger partial charge on any atom is 0.254 e. The summed E-state index contributed by atoms with van der Waals surface area (Å²) in [4.78, 5) is 11.9. The van der Waals surface area contributed by atoms with E-state index in [0.717, 1.165) is 19.4 Å². The van der Waals surface area contributed by atoms with E-state index in [4.69, 9.17) is 4.74 Å². The average Bonchev–Trinajstić information content (AvgIpc) is 2.77. The minimum absolute atomic E-state index is 0.0472. The van der Waals surface area contributed by atoms with E-state index >= 15 is 0 Å². The van der Waals surface area contributed by atoms with Crippen LogP contribution in [0, 0.1) is 5.82 Å². The van der Waals surface area contributed by atoms with Gasteiger partial charge < -0.3 is 10.1 Å². The van der Waals surface area contributed by atoms with Crippen molar-refractivity contribution in [2.45, 2.75) is 25.4 Å². The first-order valence-electron chi connectivity index (χ1n) is 5.87. The smallest absolute Gasteiger partial charge is 0.254 e. The molecule has 1 saturated heterocycles. The quantitative estimate of drug-likeness (QED) is 0.931. The Morgan fingerprint density at radius 3 is 3.06 bits per heavy atom. The fourth-order valence-electron chi connectivity index (χ4n) is 2.01. The van der Waals surface area contributed by atoms with Gasteiger partial charge in [-0.3, -0.25) is 4.79 Å². The Hall–Kier alpha value is -0.940. The lowest BCUT2D eigenvalue weighted by Gasteiger charge is -2.23. The topological polar surface area (TPSA) is 38.3 Å². The highest BCUT2D eigenvalue weighted by Crippen LogP contribution is 2.24. The van der Waals surface area contributed by atoms with E-state index in [2.05, 4.69) is 21.2 Å². The van der Waals surface area contributed by atoms with E-state index in [9.17, 15) is 9.18 Å². The Morgan fingerprint density at radius 2 is 2.39 bits per heavy atom. The molecule has 1 heterocycles. The van der Waals surface area contributed by atoms with Gasteiger partial charge in [0.1, 0.15) is 5.82 Å². The average molecular weight is 316 g/mol. The summed E-state index contributed by atoms with van der Waals surface area (Å²) >= 11 is 3.22. The lowest BCUT2D eigenvalue weighted by molar-refractivity contribution is 0.0205. The standard InChI is InChI=1S/C13H15BrFNO2/c1-13(5-2-6-18-13)8-16-12(17)10-7-9(14)3-4-11(10)15/h3-4,7H,2,5-6,8H2,1H3,(H,16,17). The van der Waals surface area contributed by atoms with Gasteiger partial charge in [0.25, 0.3) is 5.91 Å². The van der Waals surface area contributed by atoms with E-state index in [1.54, 1.807) is 6.07 Å². The molecule has 0 aliphatic carbocycles. The number of hydrogen-bond donors (Lipinski definition) is 1. The molecule has 1 aliphatic heterocycles. The van der Waals surface area contributed by atoms with E-state index in [0.29, 0.717) is 11.0 Å². The first-order chi connectivity index (χ1) is 8.50. The third-order valence-corrected chi connectivity index (χ3v) is 3.59. The van der Waals surface area contributed by atoms with Crippen LogP contribution in [0.15, 0.2) is 22.7 Å². The summed E-state index contributed by atoms with van der Waals surface area (Å²) in [7, 11) is 0. The predicted molar refractivity (Wildman–Crippen MR) is 70.0 cm³/mol. The molecular weight excluding hydrogens is 301 g/mol. The molecule has 0 spiro atoms. The number of amides is 1. The highest BCUT2D eigenvalue weighted by Gasteiger charge is 2.30. The lowest BCUT2D eigenvalue weighted by atomic mass is 10.0. The van der Waals surface area contributed by atoms with Gasteiger partial charge in [-0.25, -0.2) is 4.39 Å². The van der Waals surface area contributed by atoms with E-state index in [1.807, 2.05) is 6.92 Å². The summed E-state index contributed by atoms with van der Waals surface area (Å²) in [6.07, 6.45) is 1.91. The molecule has 1 aromatic rings. The van der Waals surface area contributed by atoms with Gasteiger partial charge in [-0.2, -0.15) is 0 Å². The summed E-state index contributed by atoms with van der Waals surface area (Å²) in [6.45, 7) is 3.08. The number of hydrogen-bond acceptors (Lipinski definition) is 2. The molecule has 0 aromatic heterocycles. The lowest BCUT2D eigenvalue weighted by Crippen LogP contribution is -2.40. The molecule has 0 bridgehead atoms. The zero-order chi connectivity index (χ0) is 13.2. The zero-order valence-electron chi connectivity index (χ0n) is 10.1. The molecule has 0 radical (unpaired) electrons. The molecule has 1 atom stereocenters. The van der Waals surface area contributed by atoms with Gasteiger partial charge in [-0.1, -0.05) is 15.9 Å². The molecule has 1 aliphatic rings. The summed E-state index contributed by atoms with van der Waals surface area (Å²) in [6, 6.07) is 4.31. The highest BCUT2D eigenvalue weighted by molar-refractivity contribution is 9.10. The fourth-order valence-corrected chi connectivity index (χ4v) is 2.37. The van der Waals surface area contributed by atoms with Crippen LogP contribution in [0.3, 0.4) is 0 Å². The number of halogens is 2. The van der Waals surface area contributed by atoms with Crippen LogP contribution in [-0.4, -0.2) is 24.7 Å². The molecule has 1 amide bonds. The molecule has 1 aromatic carbocycles. The number of nitrogens with one attached hydrogen (secondary N) is 1. The van der Waals surface area contributed by atoms with Crippen molar-refractivity contribution in [1.29, 1.82) is 0 Å². The second-order valence-corrected chi connectivity index (χ2v) is 5.62. The number of carbonyl (C=O) groups excluding carboxylic acids is 1. The van der Waals surface area contributed by atoms with E-state index in [-0.39, 0.29) is 11.2 Å². The third-order valence-electron chi connectivity index (χ3n) is 3.10. The minimum Gasteiger partial charge on any atom is -0.373 e. The van der Waals surface area contributed by atoms with Crippen molar-refractivity contribution in [3.05, 3.63) is 34.1 Å². The molecule has 2 rings (SSSR count). The van der Waals surface area contributed by atoms with Crippen molar-refractivity contribution in [3.63, 3.8) is 0 Å². The van der Waals surface area contributed by atoms with Crippen LogP contribution in [-0.2, 0) is 4.74 Å². The second-order valence-electron chi connectivity index (χ2n) is 4.71.